The van der Waals surface area contributed by atoms with Crippen LogP contribution >= 0.6 is 0 Å². The molecule has 0 saturated heterocycles. The fraction of sp³-hybridized carbons (Fsp3) is 0.0870. The standard InChI is InChI=1S/C23H20O4/c24-23(16-11-19-7-3-1-4-8-19)26-18-17-25-20-12-14-22(15-13-20)27-21-9-5-2-6-10-21/h1-16H,17-18H2. The fourth-order valence-corrected chi connectivity index (χ4v) is 2.31. The van der Waals surface area contributed by atoms with Crippen molar-refractivity contribution in [2.45, 2.75) is 0 Å². The van der Waals surface area contributed by atoms with Gasteiger partial charge in [0.2, 0.25) is 0 Å². The molecule has 0 bridgehead atoms. The largest absolute Gasteiger partial charge is 0.490 e. The van der Waals surface area contributed by atoms with Gasteiger partial charge >= 0.3 is 5.97 Å². The van der Waals surface area contributed by atoms with E-state index < -0.39 is 5.97 Å². The second-order valence-electron chi connectivity index (χ2n) is 5.65. The van der Waals surface area contributed by atoms with Crippen LogP contribution in [0, 0.1) is 0 Å². The summed E-state index contributed by atoms with van der Waals surface area (Å²) in [4.78, 5) is 11.7. The Morgan fingerprint density at radius 3 is 2.00 bits per heavy atom. The Labute approximate surface area is 158 Å². The third-order valence-electron chi connectivity index (χ3n) is 3.61. The number of para-hydroxylation sites is 1. The Morgan fingerprint density at radius 2 is 1.30 bits per heavy atom. The van der Waals surface area contributed by atoms with Gasteiger partial charge in [0.1, 0.15) is 30.5 Å². The molecular formula is C23H20O4. The van der Waals surface area contributed by atoms with Crippen LogP contribution in [0.5, 0.6) is 17.2 Å². The van der Waals surface area contributed by atoms with E-state index in [1.807, 2.05) is 84.9 Å². The van der Waals surface area contributed by atoms with Gasteiger partial charge < -0.3 is 14.2 Å². The van der Waals surface area contributed by atoms with E-state index in [2.05, 4.69) is 0 Å². The number of carbonyl (C=O) groups is 1. The molecule has 4 nitrogen and oxygen atoms in total. The van der Waals surface area contributed by atoms with Crippen LogP contribution in [0.15, 0.2) is 91.0 Å². The molecule has 0 heterocycles. The molecule has 0 N–H and O–H groups in total. The second kappa shape index (κ2) is 9.82. The third-order valence-corrected chi connectivity index (χ3v) is 3.61. The van der Waals surface area contributed by atoms with Gasteiger partial charge in [0, 0.05) is 6.08 Å². The van der Waals surface area contributed by atoms with Crippen molar-refractivity contribution in [3.63, 3.8) is 0 Å². The van der Waals surface area contributed by atoms with Gasteiger partial charge in [0.15, 0.2) is 0 Å². The number of carbonyl (C=O) groups excluding carboxylic acids is 1. The predicted molar refractivity (Wildman–Crippen MR) is 105 cm³/mol. The van der Waals surface area contributed by atoms with E-state index in [0.717, 1.165) is 17.1 Å². The van der Waals surface area contributed by atoms with Crippen molar-refractivity contribution < 1.29 is 19.0 Å². The SMILES string of the molecule is O=C(C=Cc1ccccc1)OCCOc1ccc(Oc2ccccc2)cc1. The molecule has 0 aliphatic carbocycles. The van der Waals surface area contributed by atoms with Crippen molar-refractivity contribution in [3.05, 3.63) is 96.6 Å². The number of hydrogen-bond acceptors (Lipinski definition) is 4. The lowest BCUT2D eigenvalue weighted by Gasteiger charge is -2.08. The maximum absolute atomic E-state index is 11.7. The molecule has 0 aliphatic rings. The van der Waals surface area contributed by atoms with Crippen LogP contribution < -0.4 is 9.47 Å². The first-order chi connectivity index (χ1) is 13.3. The van der Waals surface area contributed by atoms with E-state index in [4.69, 9.17) is 14.2 Å². The molecule has 0 unspecified atom stereocenters. The maximum atomic E-state index is 11.7. The number of ether oxygens (including phenoxy) is 3. The third kappa shape index (κ3) is 6.36. The summed E-state index contributed by atoms with van der Waals surface area (Å²) in [7, 11) is 0. The van der Waals surface area contributed by atoms with E-state index in [9.17, 15) is 4.79 Å². The minimum absolute atomic E-state index is 0.181. The minimum atomic E-state index is -0.394. The number of hydrogen-bond donors (Lipinski definition) is 0. The zero-order valence-corrected chi connectivity index (χ0v) is 14.8. The minimum Gasteiger partial charge on any atom is -0.490 e. The highest BCUT2D eigenvalue weighted by molar-refractivity contribution is 5.87. The molecule has 136 valence electrons. The summed E-state index contributed by atoms with van der Waals surface area (Å²) in [5.74, 6) is 1.80. The van der Waals surface area contributed by atoms with Crippen molar-refractivity contribution in [1.29, 1.82) is 0 Å². The lowest BCUT2D eigenvalue weighted by Crippen LogP contribution is -2.10. The molecule has 0 aromatic heterocycles. The molecule has 27 heavy (non-hydrogen) atoms. The van der Waals surface area contributed by atoms with Gasteiger partial charge in [-0.3, -0.25) is 0 Å². The fourth-order valence-electron chi connectivity index (χ4n) is 2.31. The second-order valence-corrected chi connectivity index (χ2v) is 5.65. The first-order valence-corrected chi connectivity index (χ1v) is 8.65. The van der Waals surface area contributed by atoms with Gasteiger partial charge in [-0.25, -0.2) is 4.79 Å². The van der Waals surface area contributed by atoms with Crippen molar-refractivity contribution in [3.8, 4) is 17.2 Å². The van der Waals surface area contributed by atoms with E-state index in [1.165, 1.54) is 6.08 Å². The first-order valence-electron chi connectivity index (χ1n) is 8.65. The Hall–Kier alpha value is -3.53. The van der Waals surface area contributed by atoms with Crippen molar-refractivity contribution in [2.75, 3.05) is 13.2 Å². The topological polar surface area (TPSA) is 44.8 Å². The normalized spacial score (nSPS) is 10.5. The Morgan fingerprint density at radius 1 is 0.704 bits per heavy atom. The zero-order chi connectivity index (χ0) is 18.7. The molecule has 0 fully saturated rings. The van der Waals surface area contributed by atoms with Crippen LogP contribution in [0.4, 0.5) is 0 Å². The Balaban J connectivity index is 1.37. The first kappa shape index (κ1) is 18.3. The lowest BCUT2D eigenvalue weighted by atomic mass is 10.2. The van der Waals surface area contributed by atoms with Crippen LogP contribution in [-0.4, -0.2) is 19.2 Å². The average Bonchev–Trinajstić information content (AvgIpc) is 2.72. The molecule has 0 atom stereocenters. The van der Waals surface area contributed by atoms with Crippen LogP contribution in [0.1, 0.15) is 5.56 Å². The summed E-state index contributed by atoms with van der Waals surface area (Å²) in [6, 6.07) is 26.4. The highest BCUT2D eigenvalue weighted by Gasteiger charge is 2.00. The van der Waals surface area contributed by atoms with Gasteiger partial charge in [0.05, 0.1) is 0 Å². The van der Waals surface area contributed by atoms with Gasteiger partial charge in [0.25, 0.3) is 0 Å². The van der Waals surface area contributed by atoms with E-state index in [0.29, 0.717) is 5.75 Å². The smallest absolute Gasteiger partial charge is 0.330 e. The van der Waals surface area contributed by atoms with E-state index >= 15 is 0 Å². The van der Waals surface area contributed by atoms with E-state index in [-0.39, 0.29) is 13.2 Å². The zero-order valence-electron chi connectivity index (χ0n) is 14.8. The highest BCUT2D eigenvalue weighted by atomic mass is 16.6. The highest BCUT2D eigenvalue weighted by Crippen LogP contribution is 2.23. The molecule has 0 saturated carbocycles. The van der Waals surface area contributed by atoms with Crippen molar-refractivity contribution in [1.82, 2.24) is 0 Å². The molecule has 0 amide bonds. The van der Waals surface area contributed by atoms with Crippen molar-refractivity contribution in [2.24, 2.45) is 0 Å². The van der Waals surface area contributed by atoms with Crippen LogP contribution in [-0.2, 0) is 9.53 Å². The molecule has 3 aromatic rings. The van der Waals surface area contributed by atoms with E-state index in [1.54, 1.807) is 6.08 Å². The molecule has 3 rings (SSSR count). The Bertz CT molecular complexity index is 856. The monoisotopic (exact) mass is 360 g/mol. The van der Waals surface area contributed by atoms with Gasteiger partial charge in [-0.1, -0.05) is 48.5 Å². The summed E-state index contributed by atoms with van der Waals surface area (Å²) in [5.41, 5.74) is 0.948. The molecule has 3 aromatic carbocycles. The predicted octanol–water partition coefficient (Wildman–Crippen LogP) is 5.11. The molecular weight excluding hydrogens is 340 g/mol. The lowest BCUT2D eigenvalue weighted by molar-refractivity contribution is -0.138. The molecule has 0 radical (unpaired) electrons. The van der Waals surface area contributed by atoms with Crippen LogP contribution in [0.3, 0.4) is 0 Å². The van der Waals surface area contributed by atoms with Crippen molar-refractivity contribution >= 4 is 12.0 Å². The number of rotatable bonds is 8. The van der Waals surface area contributed by atoms with Crippen LogP contribution in [0.2, 0.25) is 0 Å². The maximum Gasteiger partial charge on any atom is 0.330 e. The molecule has 0 aliphatic heterocycles. The Kier molecular flexibility index (Phi) is 6.65. The summed E-state index contributed by atoms with van der Waals surface area (Å²) in [6.45, 7) is 0.462. The number of benzene rings is 3. The average molecular weight is 360 g/mol. The molecule has 0 spiro atoms. The molecule has 4 heteroatoms. The summed E-state index contributed by atoms with van der Waals surface area (Å²) < 4.78 is 16.4. The van der Waals surface area contributed by atoms with Gasteiger partial charge in [-0.2, -0.15) is 0 Å². The van der Waals surface area contributed by atoms with Gasteiger partial charge in [-0.15, -0.1) is 0 Å². The quantitative estimate of drug-likeness (QED) is 0.318. The summed E-state index contributed by atoms with van der Waals surface area (Å²) in [5, 5.41) is 0. The van der Waals surface area contributed by atoms with Crippen LogP contribution in [0.25, 0.3) is 6.08 Å². The summed E-state index contributed by atoms with van der Waals surface area (Å²) >= 11 is 0. The number of esters is 1. The van der Waals surface area contributed by atoms with Gasteiger partial charge in [-0.05, 0) is 48.0 Å². The summed E-state index contributed by atoms with van der Waals surface area (Å²) in [6.07, 6.45) is 3.12.